The van der Waals surface area contributed by atoms with E-state index in [1.807, 2.05) is 0 Å². The number of hydrogen-bond acceptors (Lipinski definition) is 1. The van der Waals surface area contributed by atoms with Crippen LogP contribution in [0.3, 0.4) is 0 Å². The van der Waals surface area contributed by atoms with Gasteiger partial charge in [-0.05, 0) is 30.7 Å². The summed E-state index contributed by atoms with van der Waals surface area (Å²) in [5.41, 5.74) is 1.22. The Balaban J connectivity index is 2.02. The summed E-state index contributed by atoms with van der Waals surface area (Å²) < 4.78 is 2.09. The van der Waals surface area contributed by atoms with Gasteiger partial charge in [-0.2, -0.15) is 5.10 Å². The van der Waals surface area contributed by atoms with Crippen molar-refractivity contribution in [1.82, 2.24) is 9.78 Å². The van der Waals surface area contributed by atoms with Crippen LogP contribution in [-0.4, -0.2) is 9.78 Å². The van der Waals surface area contributed by atoms with Crippen LogP contribution in [0.4, 0.5) is 0 Å². The first kappa shape index (κ1) is 7.84. The zero-order valence-corrected chi connectivity index (χ0v) is 7.83. The summed E-state index contributed by atoms with van der Waals surface area (Å²) in [5, 5.41) is 4.51. The predicted octanol–water partition coefficient (Wildman–Crippen LogP) is 2.42. The van der Waals surface area contributed by atoms with Crippen LogP contribution < -0.4 is 0 Å². The van der Waals surface area contributed by atoms with Crippen LogP contribution in [0.2, 0.25) is 0 Å². The Bertz CT molecular complexity index is 259. The molecule has 0 unspecified atom stereocenters. The highest BCUT2D eigenvalue weighted by Gasteiger charge is 2.21. The summed E-state index contributed by atoms with van der Waals surface area (Å²) >= 11 is 0. The van der Waals surface area contributed by atoms with Gasteiger partial charge >= 0.3 is 0 Å². The van der Waals surface area contributed by atoms with Crippen molar-refractivity contribution in [2.75, 3.05) is 0 Å². The first-order valence-corrected chi connectivity index (χ1v) is 4.79. The second kappa shape index (κ2) is 2.92. The summed E-state index contributed by atoms with van der Waals surface area (Å²) in [7, 11) is 0. The van der Waals surface area contributed by atoms with Crippen molar-refractivity contribution in [3.8, 4) is 0 Å². The molecule has 0 aromatic carbocycles. The molecule has 0 radical (unpaired) electrons. The van der Waals surface area contributed by atoms with Crippen molar-refractivity contribution < 1.29 is 0 Å². The third-order valence-corrected chi connectivity index (χ3v) is 2.40. The third-order valence-electron chi connectivity index (χ3n) is 2.40. The van der Waals surface area contributed by atoms with Crippen molar-refractivity contribution in [1.29, 1.82) is 0 Å². The largest absolute Gasteiger partial charge is 0.272 e. The Morgan fingerprint density at radius 2 is 2.33 bits per heavy atom. The zero-order valence-electron chi connectivity index (χ0n) is 7.83. The minimum absolute atomic E-state index is 0.561. The fourth-order valence-electron chi connectivity index (χ4n) is 1.35. The molecule has 66 valence electrons. The van der Waals surface area contributed by atoms with Gasteiger partial charge in [-0.3, -0.25) is 4.68 Å². The summed E-state index contributed by atoms with van der Waals surface area (Å²) in [6, 6.07) is 2.13. The second-order valence-electron chi connectivity index (χ2n) is 4.06. The maximum atomic E-state index is 4.51. The number of rotatable bonds is 3. The monoisotopic (exact) mass is 164 g/mol. The normalized spacial score (nSPS) is 17.2. The molecule has 1 fully saturated rings. The maximum absolute atomic E-state index is 4.51. The van der Waals surface area contributed by atoms with Gasteiger partial charge in [0.25, 0.3) is 0 Å². The molecule has 1 heterocycles. The topological polar surface area (TPSA) is 17.8 Å². The smallest absolute Gasteiger partial charge is 0.0649 e. The van der Waals surface area contributed by atoms with Crippen LogP contribution in [0.15, 0.2) is 12.3 Å². The van der Waals surface area contributed by atoms with E-state index >= 15 is 0 Å². The highest BCUT2D eigenvalue weighted by atomic mass is 15.3. The molecule has 1 saturated carbocycles. The van der Waals surface area contributed by atoms with E-state index in [4.69, 9.17) is 0 Å². The van der Waals surface area contributed by atoms with Crippen LogP contribution in [0, 0.1) is 5.92 Å². The molecule has 0 bridgehead atoms. The van der Waals surface area contributed by atoms with Gasteiger partial charge in [0.2, 0.25) is 0 Å². The van der Waals surface area contributed by atoms with E-state index < -0.39 is 0 Å². The number of nitrogens with zero attached hydrogens (tertiary/aromatic N) is 2. The Hall–Kier alpha value is -0.790. The molecule has 2 heteroatoms. The highest BCUT2D eigenvalue weighted by molar-refractivity contribution is 5.03. The first-order chi connectivity index (χ1) is 5.75. The van der Waals surface area contributed by atoms with Gasteiger partial charge < -0.3 is 0 Å². The van der Waals surface area contributed by atoms with E-state index in [0.717, 1.165) is 12.5 Å². The lowest BCUT2D eigenvalue weighted by Gasteiger charge is -1.99. The van der Waals surface area contributed by atoms with Crippen molar-refractivity contribution in [3.63, 3.8) is 0 Å². The molecule has 12 heavy (non-hydrogen) atoms. The van der Waals surface area contributed by atoms with Crippen molar-refractivity contribution in [2.45, 2.75) is 39.2 Å². The lowest BCUT2D eigenvalue weighted by atomic mass is 10.1. The van der Waals surface area contributed by atoms with Crippen LogP contribution in [0.25, 0.3) is 0 Å². The van der Waals surface area contributed by atoms with Gasteiger partial charge in [0.05, 0.1) is 5.69 Å². The number of aromatic nitrogens is 2. The quantitative estimate of drug-likeness (QED) is 0.670. The molecule has 2 nitrogen and oxygen atoms in total. The molecule has 0 atom stereocenters. The van der Waals surface area contributed by atoms with Crippen molar-refractivity contribution in [2.24, 2.45) is 5.92 Å². The lowest BCUT2D eigenvalue weighted by molar-refractivity contribution is 0.552. The minimum Gasteiger partial charge on any atom is -0.272 e. The SMILES string of the molecule is CC(C)c1ccn(CC2CC2)n1. The van der Waals surface area contributed by atoms with E-state index in [9.17, 15) is 0 Å². The Kier molecular flexibility index (Phi) is 1.91. The fourth-order valence-corrected chi connectivity index (χ4v) is 1.35. The van der Waals surface area contributed by atoms with E-state index in [1.54, 1.807) is 0 Å². The fraction of sp³-hybridized carbons (Fsp3) is 0.700. The molecule has 1 aromatic rings. The molecule has 1 aromatic heterocycles. The van der Waals surface area contributed by atoms with Gasteiger partial charge in [-0.25, -0.2) is 0 Å². The molecule has 0 N–H and O–H groups in total. The Morgan fingerprint density at radius 3 is 2.83 bits per heavy atom. The van der Waals surface area contributed by atoms with E-state index in [2.05, 4.69) is 35.9 Å². The average molecular weight is 164 g/mol. The van der Waals surface area contributed by atoms with Crippen molar-refractivity contribution in [3.05, 3.63) is 18.0 Å². The second-order valence-corrected chi connectivity index (χ2v) is 4.06. The van der Waals surface area contributed by atoms with Crippen LogP contribution >= 0.6 is 0 Å². The van der Waals surface area contributed by atoms with Gasteiger partial charge in [-0.15, -0.1) is 0 Å². The molecule has 0 saturated heterocycles. The van der Waals surface area contributed by atoms with E-state index in [1.165, 1.54) is 18.5 Å². The van der Waals surface area contributed by atoms with Gasteiger partial charge in [0.15, 0.2) is 0 Å². The Morgan fingerprint density at radius 1 is 1.58 bits per heavy atom. The lowest BCUT2D eigenvalue weighted by Crippen LogP contribution is -2.01. The Labute approximate surface area is 73.6 Å². The average Bonchev–Trinajstić information content (AvgIpc) is 2.66. The first-order valence-electron chi connectivity index (χ1n) is 4.79. The van der Waals surface area contributed by atoms with Crippen LogP contribution in [-0.2, 0) is 6.54 Å². The zero-order chi connectivity index (χ0) is 8.55. The number of hydrogen-bond donors (Lipinski definition) is 0. The molecule has 1 aliphatic carbocycles. The van der Waals surface area contributed by atoms with Gasteiger partial charge in [0, 0.05) is 12.7 Å². The standard InChI is InChI=1S/C10H16N2/c1-8(2)10-5-6-12(11-10)7-9-3-4-9/h5-6,8-9H,3-4,7H2,1-2H3. The molecule has 1 aliphatic rings. The van der Waals surface area contributed by atoms with Crippen LogP contribution in [0.5, 0.6) is 0 Å². The van der Waals surface area contributed by atoms with E-state index in [-0.39, 0.29) is 0 Å². The van der Waals surface area contributed by atoms with Gasteiger partial charge in [-0.1, -0.05) is 13.8 Å². The summed E-state index contributed by atoms with van der Waals surface area (Å²) in [6.45, 7) is 5.50. The summed E-state index contributed by atoms with van der Waals surface area (Å²) in [5.74, 6) is 1.48. The van der Waals surface area contributed by atoms with Gasteiger partial charge in [0.1, 0.15) is 0 Å². The maximum Gasteiger partial charge on any atom is 0.0649 e. The highest BCUT2D eigenvalue weighted by Crippen LogP contribution is 2.30. The minimum atomic E-state index is 0.561. The summed E-state index contributed by atoms with van der Waals surface area (Å²) in [4.78, 5) is 0. The van der Waals surface area contributed by atoms with Crippen molar-refractivity contribution >= 4 is 0 Å². The molecule has 0 aliphatic heterocycles. The summed E-state index contributed by atoms with van der Waals surface area (Å²) in [6.07, 6.45) is 4.90. The molecule has 0 amide bonds. The van der Waals surface area contributed by atoms with Crippen LogP contribution in [0.1, 0.15) is 38.3 Å². The molecule has 2 rings (SSSR count). The molecule has 0 spiro atoms. The molecular weight excluding hydrogens is 148 g/mol. The molecular formula is C10H16N2. The van der Waals surface area contributed by atoms with E-state index in [0.29, 0.717) is 5.92 Å². The third kappa shape index (κ3) is 1.68. The predicted molar refractivity (Wildman–Crippen MR) is 49.0 cm³/mol.